The highest BCUT2D eigenvalue weighted by Crippen LogP contribution is 2.26. The summed E-state index contributed by atoms with van der Waals surface area (Å²) in [6.07, 6.45) is 3.68. The molecule has 1 aliphatic heterocycles. The molecule has 0 bridgehead atoms. The fourth-order valence-corrected chi connectivity index (χ4v) is 2.82. The molecule has 1 saturated heterocycles. The maximum atomic E-state index is 12.0. The number of amides is 1. The average molecular weight is 294 g/mol. The molecule has 21 heavy (non-hydrogen) atoms. The van der Waals surface area contributed by atoms with E-state index in [1.54, 1.807) is 4.90 Å². The second-order valence-corrected chi connectivity index (χ2v) is 6.02. The summed E-state index contributed by atoms with van der Waals surface area (Å²) >= 11 is 0. The maximum Gasteiger partial charge on any atom is 0.243 e. The minimum absolute atomic E-state index is 0.124. The summed E-state index contributed by atoms with van der Waals surface area (Å²) in [5.41, 5.74) is 0. The summed E-state index contributed by atoms with van der Waals surface area (Å²) in [4.78, 5) is 20.5. The summed E-state index contributed by atoms with van der Waals surface area (Å²) in [5.74, 6) is 1.87. The Labute approximate surface area is 126 Å². The van der Waals surface area contributed by atoms with Gasteiger partial charge >= 0.3 is 0 Å². The van der Waals surface area contributed by atoms with E-state index in [9.17, 15) is 4.79 Å². The molecule has 0 unspecified atom stereocenters. The Kier molecular flexibility index (Phi) is 5.33. The van der Waals surface area contributed by atoms with Gasteiger partial charge in [-0.3, -0.25) is 9.69 Å². The van der Waals surface area contributed by atoms with Crippen molar-refractivity contribution in [3.05, 3.63) is 11.7 Å². The standard InChI is InChI=1S/C15H26N4O2/c1-5-6-13-16-14(21-17-13)11(2)19-9-7-12(8-10-19)15(20)18(3)4/h11-12H,5-10H2,1-4H3/t11-/m0/s1. The van der Waals surface area contributed by atoms with Gasteiger partial charge in [-0.25, -0.2) is 0 Å². The SMILES string of the molecule is CCCc1noc([C@H](C)N2CCC(C(=O)N(C)C)CC2)n1. The molecule has 6 heteroatoms. The molecular weight excluding hydrogens is 268 g/mol. The van der Waals surface area contributed by atoms with Gasteiger partial charge in [-0.2, -0.15) is 4.98 Å². The highest BCUT2D eigenvalue weighted by Gasteiger charge is 2.30. The van der Waals surface area contributed by atoms with Crippen LogP contribution < -0.4 is 0 Å². The van der Waals surface area contributed by atoms with E-state index in [-0.39, 0.29) is 17.9 Å². The first-order chi connectivity index (χ1) is 10.0. The Bertz CT molecular complexity index is 464. The van der Waals surface area contributed by atoms with Gasteiger partial charge in [-0.05, 0) is 39.3 Å². The van der Waals surface area contributed by atoms with E-state index in [2.05, 4.69) is 28.9 Å². The number of carbonyl (C=O) groups excluding carboxylic acids is 1. The largest absolute Gasteiger partial charge is 0.349 e. The molecule has 118 valence electrons. The van der Waals surface area contributed by atoms with Crippen LogP contribution in [-0.4, -0.2) is 53.0 Å². The number of rotatable bonds is 5. The first-order valence-electron chi connectivity index (χ1n) is 7.80. The number of hydrogen-bond acceptors (Lipinski definition) is 5. The fourth-order valence-electron chi connectivity index (χ4n) is 2.82. The number of aryl methyl sites for hydroxylation is 1. The molecule has 2 rings (SSSR count). The Morgan fingerprint density at radius 2 is 2.10 bits per heavy atom. The second-order valence-electron chi connectivity index (χ2n) is 6.02. The van der Waals surface area contributed by atoms with Gasteiger partial charge in [0.05, 0.1) is 6.04 Å². The van der Waals surface area contributed by atoms with Gasteiger partial charge < -0.3 is 9.42 Å². The summed E-state index contributed by atoms with van der Waals surface area (Å²) in [7, 11) is 3.65. The third kappa shape index (κ3) is 3.81. The van der Waals surface area contributed by atoms with Gasteiger partial charge in [0.15, 0.2) is 5.82 Å². The molecule has 0 spiro atoms. The first kappa shape index (κ1) is 15.9. The molecule has 1 aromatic heterocycles. The van der Waals surface area contributed by atoms with Crippen LogP contribution in [0.15, 0.2) is 4.52 Å². The van der Waals surface area contributed by atoms with E-state index < -0.39 is 0 Å². The van der Waals surface area contributed by atoms with Crippen molar-refractivity contribution < 1.29 is 9.32 Å². The van der Waals surface area contributed by atoms with Gasteiger partial charge in [0.1, 0.15) is 0 Å². The number of carbonyl (C=O) groups is 1. The zero-order chi connectivity index (χ0) is 15.4. The Morgan fingerprint density at radius 1 is 1.43 bits per heavy atom. The number of aromatic nitrogens is 2. The molecule has 1 fully saturated rings. The summed E-state index contributed by atoms with van der Waals surface area (Å²) < 4.78 is 5.37. The quantitative estimate of drug-likeness (QED) is 0.830. The van der Waals surface area contributed by atoms with Crippen molar-refractivity contribution in [3.63, 3.8) is 0 Å². The van der Waals surface area contributed by atoms with E-state index >= 15 is 0 Å². The van der Waals surface area contributed by atoms with Crippen LogP contribution in [0.3, 0.4) is 0 Å². The van der Waals surface area contributed by atoms with Gasteiger partial charge in [0.2, 0.25) is 11.8 Å². The van der Waals surface area contributed by atoms with Gasteiger partial charge in [0, 0.05) is 26.4 Å². The highest BCUT2D eigenvalue weighted by atomic mass is 16.5. The molecule has 1 aliphatic rings. The second kappa shape index (κ2) is 7.02. The molecule has 0 radical (unpaired) electrons. The molecule has 2 heterocycles. The number of likely N-dealkylation sites (tertiary alicyclic amines) is 1. The molecular formula is C15H26N4O2. The van der Waals surface area contributed by atoms with Gasteiger partial charge in [0.25, 0.3) is 0 Å². The van der Waals surface area contributed by atoms with Crippen molar-refractivity contribution in [1.29, 1.82) is 0 Å². The van der Waals surface area contributed by atoms with Crippen molar-refractivity contribution in [2.24, 2.45) is 5.92 Å². The van der Waals surface area contributed by atoms with Crippen LogP contribution in [0.4, 0.5) is 0 Å². The number of hydrogen-bond donors (Lipinski definition) is 0. The van der Waals surface area contributed by atoms with Crippen LogP contribution in [0.25, 0.3) is 0 Å². The predicted octanol–water partition coefficient (Wildman–Crippen LogP) is 1.88. The lowest BCUT2D eigenvalue weighted by Crippen LogP contribution is -2.41. The smallest absolute Gasteiger partial charge is 0.243 e. The van der Waals surface area contributed by atoms with Crippen LogP contribution in [0.1, 0.15) is 50.9 Å². The van der Waals surface area contributed by atoms with Crippen molar-refractivity contribution in [1.82, 2.24) is 19.9 Å². The summed E-state index contributed by atoms with van der Waals surface area (Å²) in [6, 6.07) is 0.124. The lowest BCUT2D eigenvalue weighted by Gasteiger charge is -2.34. The highest BCUT2D eigenvalue weighted by molar-refractivity contribution is 5.78. The van der Waals surface area contributed by atoms with Crippen LogP contribution in [0.5, 0.6) is 0 Å². The van der Waals surface area contributed by atoms with E-state index in [1.807, 2.05) is 14.1 Å². The zero-order valence-electron chi connectivity index (χ0n) is 13.5. The van der Waals surface area contributed by atoms with Gasteiger partial charge in [-0.1, -0.05) is 12.1 Å². The zero-order valence-corrected chi connectivity index (χ0v) is 13.5. The predicted molar refractivity (Wildman–Crippen MR) is 79.7 cm³/mol. The van der Waals surface area contributed by atoms with Crippen molar-refractivity contribution in [2.75, 3.05) is 27.2 Å². The lowest BCUT2D eigenvalue weighted by atomic mass is 9.94. The van der Waals surface area contributed by atoms with Crippen LogP contribution in [0.2, 0.25) is 0 Å². The minimum Gasteiger partial charge on any atom is -0.349 e. The number of piperidine rings is 1. The molecule has 1 amide bonds. The van der Waals surface area contributed by atoms with E-state index in [4.69, 9.17) is 4.52 Å². The average Bonchev–Trinajstić information content (AvgIpc) is 2.95. The molecule has 0 saturated carbocycles. The molecule has 0 aliphatic carbocycles. The molecule has 0 aromatic carbocycles. The van der Waals surface area contributed by atoms with Crippen LogP contribution in [0, 0.1) is 5.92 Å². The van der Waals surface area contributed by atoms with Crippen LogP contribution in [-0.2, 0) is 11.2 Å². The minimum atomic E-state index is 0.124. The molecule has 1 aromatic rings. The van der Waals surface area contributed by atoms with E-state index in [1.165, 1.54) is 0 Å². The molecule has 0 N–H and O–H groups in total. The third-order valence-corrected chi connectivity index (χ3v) is 4.18. The fraction of sp³-hybridized carbons (Fsp3) is 0.800. The van der Waals surface area contributed by atoms with E-state index in [0.29, 0.717) is 5.89 Å². The van der Waals surface area contributed by atoms with E-state index in [0.717, 1.165) is 44.6 Å². The Balaban J connectivity index is 1.90. The summed E-state index contributed by atoms with van der Waals surface area (Å²) in [5, 5.41) is 4.01. The summed E-state index contributed by atoms with van der Waals surface area (Å²) in [6.45, 7) is 6.00. The molecule has 6 nitrogen and oxygen atoms in total. The van der Waals surface area contributed by atoms with Gasteiger partial charge in [-0.15, -0.1) is 0 Å². The van der Waals surface area contributed by atoms with Crippen molar-refractivity contribution in [2.45, 2.75) is 45.6 Å². The van der Waals surface area contributed by atoms with Crippen molar-refractivity contribution >= 4 is 5.91 Å². The Hall–Kier alpha value is -1.43. The lowest BCUT2D eigenvalue weighted by molar-refractivity contribution is -0.134. The topological polar surface area (TPSA) is 62.5 Å². The molecule has 1 atom stereocenters. The maximum absolute atomic E-state index is 12.0. The van der Waals surface area contributed by atoms with Crippen molar-refractivity contribution in [3.8, 4) is 0 Å². The number of nitrogens with zero attached hydrogens (tertiary/aromatic N) is 4. The third-order valence-electron chi connectivity index (χ3n) is 4.18. The normalized spacial score (nSPS) is 18.7. The van der Waals surface area contributed by atoms with Crippen LogP contribution >= 0.6 is 0 Å². The first-order valence-corrected chi connectivity index (χ1v) is 7.80. The monoisotopic (exact) mass is 294 g/mol. The Morgan fingerprint density at radius 3 is 2.67 bits per heavy atom.